The number of rotatable bonds is 8. The Morgan fingerprint density at radius 2 is 1.44 bits per heavy atom. The van der Waals surface area contributed by atoms with E-state index in [0.29, 0.717) is 11.8 Å². The van der Waals surface area contributed by atoms with Gasteiger partial charge in [0, 0.05) is 16.9 Å². The van der Waals surface area contributed by atoms with Gasteiger partial charge in [-0.05, 0) is 67.6 Å². The topological polar surface area (TPSA) is 52.0 Å². The number of hydrogen-bond donors (Lipinski definition) is 2. The molecule has 0 aliphatic heterocycles. The molecule has 2 heteroatoms. The molecular formula is C23H38N2. The molecule has 0 radical (unpaired) electrons. The standard InChI is InChI=1S/C23H38N2/c1-2-3-4-5-6-15-19-20(17-11-7-8-12-17)16-21(24)22(23(19)25)18-13-9-10-14-18/h16-18H,2-15,24-25H2,1H3. The van der Waals surface area contributed by atoms with E-state index in [1.165, 1.54) is 100 Å². The first-order chi connectivity index (χ1) is 12.2. The Labute approximate surface area is 154 Å². The molecule has 0 aromatic heterocycles. The summed E-state index contributed by atoms with van der Waals surface area (Å²) in [4.78, 5) is 0. The van der Waals surface area contributed by atoms with Gasteiger partial charge in [0.05, 0.1) is 0 Å². The van der Waals surface area contributed by atoms with E-state index < -0.39 is 0 Å². The Balaban J connectivity index is 1.85. The van der Waals surface area contributed by atoms with Crippen LogP contribution in [0.1, 0.15) is 119 Å². The van der Waals surface area contributed by atoms with Gasteiger partial charge >= 0.3 is 0 Å². The highest BCUT2D eigenvalue weighted by molar-refractivity contribution is 5.70. The highest BCUT2D eigenvalue weighted by Crippen LogP contribution is 2.46. The van der Waals surface area contributed by atoms with Crippen LogP contribution >= 0.6 is 0 Å². The highest BCUT2D eigenvalue weighted by atomic mass is 14.6. The van der Waals surface area contributed by atoms with E-state index >= 15 is 0 Å². The molecule has 0 spiro atoms. The van der Waals surface area contributed by atoms with E-state index in [1.54, 1.807) is 0 Å². The van der Waals surface area contributed by atoms with Crippen molar-refractivity contribution in [3.63, 3.8) is 0 Å². The zero-order valence-electron chi connectivity index (χ0n) is 16.3. The zero-order valence-corrected chi connectivity index (χ0v) is 16.3. The van der Waals surface area contributed by atoms with Crippen molar-refractivity contribution < 1.29 is 0 Å². The molecule has 0 bridgehead atoms. The molecule has 140 valence electrons. The Morgan fingerprint density at radius 3 is 2.08 bits per heavy atom. The van der Waals surface area contributed by atoms with Crippen LogP contribution < -0.4 is 11.5 Å². The van der Waals surface area contributed by atoms with Crippen LogP contribution in [0.4, 0.5) is 11.4 Å². The first-order valence-electron chi connectivity index (χ1n) is 10.9. The minimum Gasteiger partial charge on any atom is -0.398 e. The molecule has 0 atom stereocenters. The van der Waals surface area contributed by atoms with Crippen molar-refractivity contribution in [3.05, 3.63) is 22.8 Å². The summed E-state index contributed by atoms with van der Waals surface area (Å²) in [6.07, 6.45) is 18.4. The van der Waals surface area contributed by atoms with Crippen LogP contribution in [0.2, 0.25) is 0 Å². The molecule has 1 aromatic rings. The zero-order chi connectivity index (χ0) is 17.6. The maximum Gasteiger partial charge on any atom is 0.0405 e. The molecule has 3 rings (SSSR count). The van der Waals surface area contributed by atoms with Gasteiger partial charge in [0.1, 0.15) is 0 Å². The summed E-state index contributed by atoms with van der Waals surface area (Å²) in [6, 6.07) is 2.33. The summed E-state index contributed by atoms with van der Waals surface area (Å²) in [7, 11) is 0. The minimum absolute atomic E-state index is 0.608. The van der Waals surface area contributed by atoms with Crippen molar-refractivity contribution in [2.75, 3.05) is 11.5 Å². The van der Waals surface area contributed by atoms with Crippen LogP contribution in [-0.4, -0.2) is 0 Å². The molecule has 1 aromatic carbocycles. The molecule has 4 N–H and O–H groups in total. The third-order valence-electron chi connectivity index (χ3n) is 6.67. The Bertz CT molecular complexity index is 552. The van der Waals surface area contributed by atoms with Crippen LogP contribution in [0.3, 0.4) is 0 Å². The van der Waals surface area contributed by atoms with Gasteiger partial charge < -0.3 is 11.5 Å². The van der Waals surface area contributed by atoms with Gasteiger partial charge in [0.2, 0.25) is 0 Å². The maximum absolute atomic E-state index is 6.79. The Morgan fingerprint density at radius 1 is 0.840 bits per heavy atom. The van der Waals surface area contributed by atoms with E-state index in [0.717, 1.165) is 17.8 Å². The first-order valence-corrected chi connectivity index (χ1v) is 10.9. The molecule has 2 nitrogen and oxygen atoms in total. The van der Waals surface area contributed by atoms with Crippen molar-refractivity contribution >= 4 is 11.4 Å². The Hall–Kier alpha value is -1.18. The molecular weight excluding hydrogens is 304 g/mol. The van der Waals surface area contributed by atoms with Crippen molar-refractivity contribution in [2.24, 2.45) is 0 Å². The smallest absolute Gasteiger partial charge is 0.0405 e. The molecule has 2 saturated carbocycles. The van der Waals surface area contributed by atoms with Crippen molar-refractivity contribution in [3.8, 4) is 0 Å². The largest absolute Gasteiger partial charge is 0.398 e. The van der Waals surface area contributed by atoms with E-state index in [1.807, 2.05) is 0 Å². The number of hydrogen-bond acceptors (Lipinski definition) is 2. The fourth-order valence-electron chi connectivity index (χ4n) is 5.26. The van der Waals surface area contributed by atoms with E-state index in [4.69, 9.17) is 11.5 Å². The van der Waals surface area contributed by atoms with Crippen LogP contribution in [0, 0.1) is 0 Å². The second-order valence-corrected chi connectivity index (χ2v) is 8.49. The van der Waals surface area contributed by atoms with E-state index in [2.05, 4.69) is 13.0 Å². The van der Waals surface area contributed by atoms with E-state index in [9.17, 15) is 0 Å². The third kappa shape index (κ3) is 4.33. The summed E-state index contributed by atoms with van der Waals surface area (Å²) in [5.41, 5.74) is 19.7. The highest BCUT2D eigenvalue weighted by Gasteiger charge is 2.27. The lowest BCUT2D eigenvalue weighted by Crippen LogP contribution is -2.12. The van der Waals surface area contributed by atoms with Crippen molar-refractivity contribution in [2.45, 2.75) is 109 Å². The van der Waals surface area contributed by atoms with Crippen molar-refractivity contribution in [1.82, 2.24) is 0 Å². The summed E-state index contributed by atoms with van der Waals surface area (Å²) in [5, 5.41) is 0. The predicted octanol–water partition coefficient (Wildman–Crippen LogP) is 6.68. The number of nitrogen functional groups attached to an aromatic ring is 2. The summed E-state index contributed by atoms with van der Waals surface area (Å²) in [6.45, 7) is 2.28. The maximum atomic E-state index is 6.79. The summed E-state index contributed by atoms with van der Waals surface area (Å²) < 4.78 is 0. The second kappa shape index (κ2) is 8.96. The van der Waals surface area contributed by atoms with Gasteiger partial charge in [0.15, 0.2) is 0 Å². The molecule has 0 unspecified atom stereocenters. The average Bonchev–Trinajstić information content (AvgIpc) is 3.29. The SMILES string of the molecule is CCCCCCCc1c(C2CCCC2)cc(N)c(C2CCCC2)c1N. The molecule has 0 saturated heterocycles. The molecule has 2 aliphatic carbocycles. The molecule has 0 heterocycles. The summed E-state index contributed by atoms with van der Waals surface area (Å²) >= 11 is 0. The molecule has 2 aliphatic rings. The molecule has 0 amide bonds. The van der Waals surface area contributed by atoms with Crippen LogP contribution in [0.15, 0.2) is 6.07 Å². The predicted molar refractivity (Wildman–Crippen MR) is 110 cm³/mol. The fraction of sp³-hybridized carbons (Fsp3) is 0.739. The lowest BCUT2D eigenvalue weighted by Gasteiger charge is -2.24. The van der Waals surface area contributed by atoms with Crippen molar-refractivity contribution in [1.29, 1.82) is 0 Å². The lowest BCUT2D eigenvalue weighted by molar-refractivity contribution is 0.625. The summed E-state index contributed by atoms with van der Waals surface area (Å²) in [5.74, 6) is 1.31. The van der Waals surface area contributed by atoms with Crippen LogP contribution in [0.5, 0.6) is 0 Å². The van der Waals surface area contributed by atoms with Crippen LogP contribution in [-0.2, 0) is 6.42 Å². The minimum atomic E-state index is 0.608. The number of anilines is 2. The first kappa shape index (κ1) is 18.6. The van der Waals surface area contributed by atoms with E-state index in [-0.39, 0.29) is 0 Å². The number of benzene rings is 1. The normalized spacial score (nSPS) is 19.1. The number of unbranched alkanes of at least 4 members (excludes halogenated alkanes) is 4. The second-order valence-electron chi connectivity index (χ2n) is 8.49. The number of nitrogens with two attached hydrogens (primary N) is 2. The van der Waals surface area contributed by atoms with Crippen LogP contribution in [0.25, 0.3) is 0 Å². The van der Waals surface area contributed by atoms with Gasteiger partial charge in [-0.3, -0.25) is 0 Å². The molecule has 2 fully saturated rings. The Kier molecular flexibility index (Phi) is 6.67. The average molecular weight is 343 g/mol. The monoisotopic (exact) mass is 342 g/mol. The van der Waals surface area contributed by atoms with Gasteiger partial charge in [-0.25, -0.2) is 0 Å². The third-order valence-corrected chi connectivity index (χ3v) is 6.67. The molecule has 25 heavy (non-hydrogen) atoms. The fourth-order valence-corrected chi connectivity index (χ4v) is 5.26. The van der Waals surface area contributed by atoms with Gasteiger partial charge in [-0.15, -0.1) is 0 Å². The lowest BCUT2D eigenvalue weighted by atomic mass is 9.83. The van der Waals surface area contributed by atoms with Gasteiger partial charge in [0.25, 0.3) is 0 Å². The van der Waals surface area contributed by atoms with Gasteiger partial charge in [-0.2, -0.15) is 0 Å². The quantitative estimate of drug-likeness (QED) is 0.409. The van der Waals surface area contributed by atoms with Gasteiger partial charge in [-0.1, -0.05) is 58.3 Å².